The molecule has 0 atom stereocenters. The zero-order valence-electron chi connectivity index (χ0n) is 23.1. The van der Waals surface area contributed by atoms with Crippen LogP contribution in [0.3, 0.4) is 0 Å². The van der Waals surface area contributed by atoms with Crippen molar-refractivity contribution in [1.29, 1.82) is 0 Å². The van der Waals surface area contributed by atoms with E-state index in [1.54, 1.807) is 38.4 Å². The van der Waals surface area contributed by atoms with Crippen molar-refractivity contribution in [2.75, 3.05) is 11.9 Å². The lowest BCUT2D eigenvalue weighted by molar-refractivity contribution is 0.0696. The van der Waals surface area contributed by atoms with E-state index < -0.39 is 29.1 Å². The minimum Gasteiger partial charge on any atom is -0.478 e. The molecular weight excluding hydrogens is 558 g/mol. The van der Waals surface area contributed by atoms with Crippen LogP contribution in [0.5, 0.6) is 0 Å². The fourth-order valence-corrected chi connectivity index (χ4v) is 4.49. The highest BCUT2D eigenvalue weighted by Crippen LogP contribution is 2.19. The van der Waals surface area contributed by atoms with E-state index >= 15 is 0 Å². The maximum atomic E-state index is 13.6. The Hall–Kier alpha value is -5.65. The summed E-state index contributed by atoms with van der Waals surface area (Å²) in [5, 5.41) is 15.6. The van der Waals surface area contributed by atoms with Gasteiger partial charge < -0.3 is 15.7 Å². The predicted octanol–water partition coefficient (Wildman–Crippen LogP) is 4.65. The first-order valence-electron chi connectivity index (χ1n) is 13.1. The van der Waals surface area contributed by atoms with E-state index in [0.29, 0.717) is 28.4 Å². The molecule has 0 bridgehead atoms. The van der Waals surface area contributed by atoms with Gasteiger partial charge in [-0.2, -0.15) is 0 Å². The summed E-state index contributed by atoms with van der Waals surface area (Å²) in [7, 11) is 1.62. The number of halogens is 2. The number of anilines is 2. The van der Waals surface area contributed by atoms with Crippen molar-refractivity contribution in [3.8, 4) is 0 Å². The van der Waals surface area contributed by atoms with Gasteiger partial charge in [-0.05, 0) is 66.6 Å². The van der Waals surface area contributed by atoms with Crippen LogP contribution in [0.15, 0.2) is 77.7 Å². The Morgan fingerprint density at radius 2 is 1.79 bits per heavy atom. The first-order chi connectivity index (χ1) is 20.6. The molecule has 2 aromatic heterocycles. The molecule has 3 aromatic carbocycles. The second-order valence-electron chi connectivity index (χ2n) is 9.73. The molecule has 0 saturated carbocycles. The lowest BCUT2D eigenvalue weighted by Gasteiger charge is -2.08. The number of hydrogen-bond donors (Lipinski definition) is 3. The van der Waals surface area contributed by atoms with E-state index in [9.17, 15) is 23.2 Å². The van der Waals surface area contributed by atoms with Crippen LogP contribution in [0.2, 0.25) is 0 Å². The molecule has 5 rings (SSSR count). The minimum atomic E-state index is -1.01. The fourth-order valence-electron chi connectivity index (χ4n) is 4.49. The van der Waals surface area contributed by atoms with E-state index in [1.165, 1.54) is 27.6 Å². The number of nitrogens with one attached hydrogen (secondary N) is 2. The zero-order valence-corrected chi connectivity index (χ0v) is 23.1. The lowest BCUT2D eigenvalue weighted by atomic mass is 10.1. The van der Waals surface area contributed by atoms with Gasteiger partial charge in [-0.1, -0.05) is 24.3 Å². The summed E-state index contributed by atoms with van der Waals surface area (Å²) in [6.45, 7) is 1.78. The van der Waals surface area contributed by atoms with Crippen molar-refractivity contribution in [2.24, 2.45) is 7.05 Å². The van der Waals surface area contributed by atoms with Crippen molar-refractivity contribution >= 4 is 40.5 Å². The molecule has 0 aliphatic rings. The standard InChI is InChI=1S/C31H26F2N6O4/c1-18-27(29(41)39(38(18)2)17-20-5-11-24(32)25(33)15-20)28(40)34-13-3-4-19-6-12-26-22(14-19)16-35-31(37-26)36-23-9-7-21(8-10-23)30(42)43/h3-12,14-16H,13,17H2,1-2H3,(H,34,40)(H,42,43)(H,35,36,37). The quantitative estimate of drug-likeness (QED) is 0.230. The van der Waals surface area contributed by atoms with Crippen LogP contribution in [0, 0.1) is 18.6 Å². The summed E-state index contributed by atoms with van der Waals surface area (Å²) < 4.78 is 29.7. The molecule has 43 heavy (non-hydrogen) atoms. The third kappa shape index (κ3) is 6.32. The van der Waals surface area contributed by atoms with Gasteiger partial charge in [-0.25, -0.2) is 28.2 Å². The van der Waals surface area contributed by atoms with Crippen LogP contribution in [-0.2, 0) is 13.6 Å². The molecule has 0 radical (unpaired) electrons. The van der Waals surface area contributed by atoms with Crippen LogP contribution in [0.1, 0.15) is 37.5 Å². The summed E-state index contributed by atoms with van der Waals surface area (Å²) in [5.74, 6) is -3.17. The van der Waals surface area contributed by atoms with Gasteiger partial charge in [-0.15, -0.1) is 0 Å². The van der Waals surface area contributed by atoms with Crippen LogP contribution in [-0.4, -0.2) is 42.9 Å². The van der Waals surface area contributed by atoms with Gasteiger partial charge >= 0.3 is 5.97 Å². The number of hydrogen-bond acceptors (Lipinski definition) is 6. The molecule has 0 aliphatic carbocycles. The van der Waals surface area contributed by atoms with Crippen LogP contribution in [0.25, 0.3) is 17.0 Å². The van der Waals surface area contributed by atoms with E-state index in [-0.39, 0.29) is 24.2 Å². The molecule has 0 fully saturated rings. The number of fused-ring (bicyclic) bond motifs is 1. The first kappa shape index (κ1) is 28.9. The van der Waals surface area contributed by atoms with E-state index in [4.69, 9.17) is 5.11 Å². The molecular formula is C31H26F2N6O4. The number of carbonyl (C=O) groups excluding carboxylic acids is 1. The van der Waals surface area contributed by atoms with Crippen molar-refractivity contribution in [3.63, 3.8) is 0 Å². The first-order valence-corrected chi connectivity index (χ1v) is 13.1. The molecule has 12 heteroatoms. The maximum absolute atomic E-state index is 13.6. The molecule has 3 N–H and O–H groups in total. The Labute approximate surface area is 243 Å². The number of amides is 1. The van der Waals surface area contributed by atoms with E-state index in [1.807, 2.05) is 24.3 Å². The number of aromatic nitrogens is 4. The summed E-state index contributed by atoms with van der Waals surface area (Å²) in [6, 6.07) is 15.2. The SMILES string of the molecule is Cc1c(C(=O)NCC=Cc2ccc3nc(Nc4ccc(C(=O)O)cc4)ncc3c2)c(=O)n(Cc2ccc(F)c(F)c2)n1C. The Morgan fingerprint density at radius 1 is 1.02 bits per heavy atom. The van der Waals surface area contributed by atoms with Crippen molar-refractivity contribution in [3.05, 3.63) is 123 Å². The highest BCUT2D eigenvalue weighted by Gasteiger charge is 2.21. The third-order valence-electron chi connectivity index (χ3n) is 6.88. The number of carboxylic acid groups (broad SMARTS) is 1. The van der Waals surface area contributed by atoms with Gasteiger partial charge in [0.15, 0.2) is 11.6 Å². The highest BCUT2D eigenvalue weighted by atomic mass is 19.2. The fraction of sp³-hybridized carbons (Fsp3) is 0.129. The molecule has 0 aliphatic heterocycles. The number of rotatable bonds is 9. The molecule has 5 aromatic rings. The van der Waals surface area contributed by atoms with Crippen molar-refractivity contribution in [2.45, 2.75) is 13.5 Å². The van der Waals surface area contributed by atoms with Gasteiger partial charge in [0.1, 0.15) is 5.56 Å². The monoisotopic (exact) mass is 584 g/mol. The molecule has 1 amide bonds. The second kappa shape index (κ2) is 12.1. The van der Waals surface area contributed by atoms with Gasteiger partial charge in [0.05, 0.1) is 17.6 Å². The van der Waals surface area contributed by atoms with Gasteiger partial charge in [0.25, 0.3) is 11.5 Å². The van der Waals surface area contributed by atoms with E-state index in [2.05, 4.69) is 20.6 Å². The number of carbonyl (C=O) groups is 2. The Morgan fingerprint density at radius 3 is 2.51 bits per heavy atom. The molecule has 10 nitrogen and oxygen atoms in total. The molecule has 0 spiro atoms. The lowest BCUT2D eigenvalue weighted by Crippen LogP contribution is -2.31. The predicted molar refractivity (Wildman–Crippen MR) is 157 cm³/mol. The number of aromatic carboxylic acids is 1. The third-order valence-corrected chi connectivity index (χ3v) is 6.88. The Balaban J connectivity index is 1.21. The maximum Gasteiger partial charge on any atom is 0.335 e. The summed E-state index contributed by atoms with van der Waals surface area (Å²) in [5.41, 5.74) is 2.64. The number of nitrogens with zero attached hydrogens (tertiary/aromatic N) is 4. The van der Waals surface area contributed by atoms with Gasteiger partial charge in [0, 0.05) is 36.6 Å². The normalized spacial score (nSPS) is 11.3. The molecule has 0 unspecified atom stereocenters. The molecule has 0 saturated heterocycles. The van der Waals surface area contributed by atoms with Crippen molar-refractivity contribution in [1.82, 2.24) is 24.6 Å². The number of benzene rings is 3. The van der Waals surface area contributed by atoms with Gasteiger partial charge in [0.2, 0.25) is 5.95 Å². The highest BCUT2D eigenvalue weighted by molar-refractivity contribution is 5.95. The summed E-state index contributed by atoms with van der Waals surface area (Å²) in [6.07, 6.45) is 5.22. The van der Waals surface area contributed by atoms with Crippen molar-refractivity contribution < 1.29 is 23.5 Å². The summed E-state index contributed by atoms with van der Waals surface area (Å²) in [4.78, 5) is 45.7. The van der Waals surface area contributed by atoms with Crippen LogP contribution >= 0.6 is 0 Å². The largest absolute Gasteiger partial charge is 0.478 e. The van der Waals surface area contributed by atoms with Crippen LogP contribution in [0.4, 0.5) is 20.4 Å². The second-order valence-corrected chi connectivity index (χ2v) is 9.73. The summed E-state index contributed by atoms with van der Waals surface area (Å²) >= 11 is 0. The van der Waals surface area contributed by atoms with E-state index in [0.717, 1.165) is 23.1 Å². The average molecular weight is 585 g/mol. The van der Waals surface area contributed by atoms with Gasteiger partial charge in [-0.3, -0.25) is 14.3 Å². The zero-order chi connectivity index (χ0) is 30.7. The Bertz CT molecular complexity index is 1950. The number of carboxylic acids is 1. The smallest absolute Gasteiger partial charge is 0.335 e. The Kier molecular flexibility index (Phi) is 8.10. The topological polar surface area (TPSA) is 131 Å². The van der Waals surface area contributed by atoms with Crippen LogP contribution < -0.4 is 16.2 Å². The average Bonchev–Trinajstić information content (AvgIpc) is 3.20. The minimum absolute atomic E-state index is 0.0241. The molecule has 218 valence electrons. The molecule has 2 heterocycles.